The molecule has 0 saturated carbocycles. The normalized spacial score (nSPS) is 14.6. The molecular formula is C23H22Cl3N3O3. The molecule has 168 valence electrons. The molecule has 1 aromatic heterocycles. The second kappa shape index (κ2) is 10.1. The second-order valence-corrected chi connectivity index (χ2v) is 8.84. The molecule has 4 rings (SSSR count). The van der Waals surface area contributed by atoms with Crippen LogP contribution in [0.2, 0.25) is 15.1 Å². The van der Waals surface area contributed by atoms with Gasteiger partial charge in [0.2, 0.25) is 0 Å². The maximum Gasteiger partial charge on any atom is 0.276 e. The summed E-state index contributed by atoms with van der Waals surface area (Å²) < 4.78 is 11.1. The summed E-state index contributed by atoms with van der Waals surface area (Å²) in [5, 5.41) is 5.78. The summed E-state index contributed by atoms with van der Waals surface area (Å²) in [7, 11) is 0. The Labute approximate surface area is 201 Å². The minimum Gasteiger partial charge on any atom is -0.487 e. The van der Waals surface area contributed by atoms with E-state index < -0.39 is 0 Å². The number of aryl methyl sites for hydroxylation is 1. The first-order valence-electron chi connectivity index (χ1n) is 10.2. The molecule has 0 radical (unpaired) electrons. The number of ether oxygens (including phenoxy) is 1. The van der Waals surface area contributed by atoms with Crippen LogP contribution in [0.3, 0.4) is 0 Å². The summed E-state index contributed by atoms with van der Waals surface area (Å²) in [4.78, 5) is 17.2. The van der Waals surface area contributed by atoms with Crippen molar-refractivity contribution in [1.29, 1.82) is 0 Å². The van der Waals surface area contributed by atoms with E-state index in [0.29, 0.717) is 51.8 Å². The van der Waals surface area contributed by atoms with Crippen molar-refractivity contribution >= 4 is 40.7 Å². The highest BCUT2D eigenvalue weighted by molar-refractivity contribution is 6.35. The first kappa shape index (κ1) is 22.9. The van der Waals surface area contributed by atoms with Gasteiger partial charge in [0.1, 0.15) is 18.1 Å². The Bertz CT molecular complexity index is 1110. The van der Waals surface area contributed by atoms with Crippen LogP contribution in [0.4, 0.5) is 0 Å². The van der Waals surface area contributed by atoms with Crippen LogP contribution in [0.25, 0.3) is 0 Å². The lowest BCUT2D eigenvalue weighted by Gasteiger charge is -2.34. The number of piperazine rings is 1. The van der Waals surface area contributed by atoms with Crippen LogP contribution in [0.15, 0.2) is 47.0 Å². The largest absolute Gasteiger partial charge is 0.487 e. The van der Waals surface area contributed by atoms with Crippen molar-refractivity contribution in [2.75, 3.05) is 26.2 Å². The molecule has 0 N–H and O–H groups in total. The van der Waals surface area contributed by atoms with Gasteiger partial charge in [-0.2, -0.15) is 0 Å². The Balaban J connectivity index is 1.37. The lowest BCUT2D eigenvalue weighted by atomic mass is 10.1. The van der Waals surface area contributed by atoms with Gasteiger partial charge in [-0.25, -0.2) is 0 Å². The van der Waals surface area contributed by atoms with Gasteiger partial charge in [-0.3, -0.25) is 9.69 Å². The molecule has 2 heterocycles. The minimum atomic E-state index is -0.163. The van der Waals surface area contributed by atoms with E-state index in [0.717, 1.165) is 18.7 Å². The zero-order chi connectivity index (χ0) is 22.7. The molecule has 0 bridgehead atoms. The molecule has 32 heavy (non-hydrogen) atoms. The van der Waals surface area contributed by atoms with E-state index in [1.54, 1.807) is 30.0 Å². The topological polar surface area (TPSA) is 58.8 Å². The van der Waals surface area contributed by atoms with Gasteiger partial charge in [-0.1, -0.05) is 58.2 Å². The number of hydrogen-bond acceptors (Lipinski definition) is 5. The smallest absolute Gasteiger partial charge is 0.276 e. The van der Waals surface area contributed by atoms with Crippen molar-refractivity contribution in [2.45, 2.75) is 20.1 Å². The molecular weight excluding hydrogens is 473 g/mol. The van der Waals surface area contributed by atoms with Crippen LogP contribution in [-0.4, -0.2) is 47.0 Å². The summed E-state index contributed by atoms with van der Waals surface area (Å²) in [6.45, 7) is 5.25. The van der Waals surface area contributed by atoms with Gasteiger partial charge in [0, 0.05) is 42.8 Å². The molecule has 6 nitrogen and oxygen atoms in total. The molecule has 0 aliphatic carbocycles. The molecule has 0 atom stereocenters. The molecule has 2 aromatic carbocycles. The minimum absolute atomic E-state index is 0.148. The van der Waals surface area contributed by atoms with Crippen molar-refractivity contribution < 1.29 is 14.1 Å². The highest BCUT2D eigenvalue weighted by atomic mass is 35.5. The van der Waals surface area contributed by atoms with E-state index in [4.69, 9.17) is 44.1 Å². The predicted molar refractivity (Wildman–Crippen MR) is 125 cm³/mol. The fourth-order valence-electron chi connectivity index (χ4n) is 3.59. The monoisotopic (exact) mass is 493 g/mol. The average Bonchev–Trinajstić information content (AvgIpc) is 3.15. The van der Waals surface area contributed by atoms with Gasteiger partial charge >= 0.3 is 0 Å². The molecule has 1 aliphatic rings. The highest BCUT2D eigenvalue weighted by Crippen LogP contribution is 2.26. The van der Waals surface area contributed by atoms with Crippen LogP contribution in [0.5, 0.6) is 5.75 Å². The summed E-state index contributed by atoms with van der Waals surface area (Å²) in [6.07, 6.45) is 0. The number of carbonyl (C=O) groups excluding carboxylic acids is 1. The van der Waals surface area contributed by atoms with Gasteiger partial charge < -0.3 is 14.2 Å². The fourth-order valence-corrected chi connectivity index (χ4v) is 4.25. The highest BCUT2D eigenvalue weighted by Gasteiger charge is 2.28. The zero-order valence-electron chi connectivity index (χ0n) is 17.5. The van der Waals surface area contributed by atoms with Crippen LogP contribution >= 0.6 is 34.8 Å². The maximum atomic E-state index is 13.1. The number of halogens is 3. The average molecular weight is 495 g/mol. The Morgan fingerprint density at radius 1 is 1.06 bits per heavy atom. The van der Waals surface area contributed by atoms with Gasteiger partial charge in [-0.15, -0.1) is 0 Å². The second-order valence-electron chi connectivity index (χ2n) is 7.59. The standard InChI is InChI=1S/C23H22Cl3N3O3/c1-15-18(14-31-21-5-3-2-4-19(21)25)22(27-32-15)23(30)29-10-8-28(9-11-29)13-16-6-7-17(24)12-20(16)26/h2-7,12H,8-11,13-14H2,1H3. The van der Waals surface area contributed by atoms with E-state index in [9.17, 15) is 4.79 Å². The third kappa shape index (κ3) is 5.21. The third-order valence-corrected chi connectivity index (χ3v) is 6.36. The van der Waals surface area contributed by atoms with Crippen molar-refractivity contribution in [3.63, 3.8) is 0 Å². The van der Waals surface area contributed by atoms with Crippen LogP contribution in [0.1, 0.15) is 27.4 Å². The number of benzene rings is 2. The van der Waals surface area contributed by atoms with Gasteiger partial charge in [0.25, 0.3) is 5.91 Å². The Kier molecular flexibility index (Phi) is 7.26. The fraction of sp³-hybridized carbons (Fsp3) is 0.304. The molecule has 0 unspecified atom stereocenters. The van der Waals surface area contributed by atoms with Crippen molar-refractivity contribution in [2.24, 2.45) is 0 Å². The quantitative estimate of drug-likeness (QED) is 0.454. The summed E-state index contributed by atoms with van der Waals surface area (Å²) in [5.41, 5.74) is 1.93. The number of aromatic nitrogens is 1. The van der Waals surface area contributed by atoms with E-state index in [2.05, 4.69) is 10.1 Å². The van der Waals surface area contributed by atoms with Gasteiger partial charge in [0.05, 0.1) is 10.6 Å². The van der Waals surface area contributed by atoms with E-state index in [1.165, 1.54) is 0 Å². The Morgan fingerprint density at radius 3 is 2.53 bits per heavy atom. The Morgan fingerprint density at radius 2 is 1.81 bits per heavy atom. The van der Waals surface area contributed by atoms with Crippen LogP contribution in [-0.2, 0) is 13.2 Å². The lowest BCUT2D eigenvalue weighted by molar-refractivity contribution is 0.0616. The van der Waals surface area contributed by atoms with E-state index in [1.807, 2.05) is 24.3 Å². The number of para-hydroxylation sites is 1. The van der Waals surface area contributed by atoms with Crippen LogP contribution in [0, 0.1) is 6.92 Å². The zero-order valence-corrected chi connectivity index (χ0v) is 19.8. The van der Waals surface area contributed by atoms with Crippen molar-refractivity contribution in [3.05, 3.63) is 80.1 Å². The molecule has 3 aromatic rings. The summed E-state index contributed by atoms with van der Waals surface area (Å²) in [5.74, 6) is 0.933. The number of hydrogen-bond donors (Lipinski definition) is 0. The number of amides is 1. The lowest BCUT2D eigenvalue weighted by Crippen LogP contribution is -2.48. The molecule has 1 saturated heterocycles. The summed E-state index contributed by atoms with van der Waals surface area (Å²) in [6, 6.07) is 12.7. The first-order chi connectivity index (χ1) is 15.4. The molecule has 1 aliphatic heterocycles. The van der Waals surface area contributed by atoms with Gasteiger partial charge in [0.15, 0.2) is 5.69 Å². The molecule has 1 fully saturated rings. The number of carbonyl (C=O) groups is 1. The van der Waals surface area contributed by atoms with Crippen LogP contribution < -0.4 is 4.74 Å². The maximum absolute atomic E-state index is 13.1. The van der Waals surface area contributed by atoms with Crippen molar-refractivity contribution in [3.8, 4) is 5.75 Å². The molecule has 1 amide bonds. The SMILES string of the molecule is Cc1onc(C(=O)N2CCN(Cc3ccc(Cl)cc3Cl)CC2)c1COc1ccccc1Cl. The summed E-state index contributed by atoms with van der Waals surface area (Å²) >= 11 is 18.4. The number of rotatable bonds is 6. The van der Waals surface area contributed by atoms with Crippen molar-refractivity contribution in [1.82, 2.24) is 15.0 Å². The van der Waals surface area contributed by atoms with E-state index in [-0.39, 0.29) is 18.2 Å². The first-order valence-corrected chi connectivity index (χ1v) is 11.3. The predicted octanol–water partition coefficient (Wildman–Crippen LogP) is 5.48. The number of nitrogens with zero attached hydrogens (tertiary/aromatic N) is 3. The van der Waals surface area contributed by atoms with E-state index >= 15 is 0 Å². The molecule has 0 spiro atoms. The third-order valence-electron chi connectivity index (χ3n) is 5.46. The molecule has 9 heteroatoms. The Hall–Kier alpha value is -2.25. The van der Waals surface area contributed by atoms with Gasteiger partial charge in [-0.05, 0) is 36.8 Å².